The van der Waals surface area contributed by atoms with Crippen LogP contribution in [0.25, 0.3) is 44.1 Å². The molecule has 11 nitrogen and oxygen atoms in total. The first-order valence-electron chi connectivity index (χ1n) is 12.9. The van der Waals surface area contributed by atoms with Gasteiger partial charge in [-0.1, -0.05) is 6.92 Å². The molecule has 0 aliphatic heterocycles. The molecule has 2 atom stereocenters. The molecule has 2 unspecified atom stereocenters. The predicted octanol–water partition coefficient (Wildman–Crippen LogP) is 3.31. The molecule has 0 saturated heterocycles. The number of nitrogens with zero attached hydrogens (tertiary/aromatic N) is 4. The van der Waals surface area contributed by atoms with Gasteiger partial charge in [-0.25, -0.2) is 8.78 Å². The highest BCUT2D eigenvalue weighted by Gasteiger charge is 2.15. The molecule has 7 N–H and O–H groups in total. The van der Waals surface area contributed by atoms with E-state index in [2.05, 4.69) is 20.2 Å². The summed E-state index contributed by atoms with van der Waals surface area (Å²) in [5, 5.41) is 19.6. The molecular formula is C29H28F2N8O3. The quantitative estimate of drug-likeness (QED) is 0.187. The molecule has 0 radical (unpaired) electrons. The maximum absolute atomic E-state index is 13.2. The second kappa shape index (κ2) is 11.7. The molecule has 0 aliphatic carbocycles. The average Bonchev–Trinajstić information content (AvgIpc) is 3.74. The van der Waals surface area contributed by atoms with E-state index >= 15 is 0 Å². The number of primary amides is 2. The van der Waals surface area contributed by atoms with Crippen molar-refractivity contribution in [2.45, 2.75) is 26.1 Å². The maximum atomic E-state index is 13.2. The van der Waals surface area contributed by atoms with Crippen LogP contribution < -0.4 is 11.5 Å². The van der Waals surface area contributed by atoms with Gasteiger partial charge in [0.05, 0.1) is 31.4 Å². The number of H-pyrrole nitrogens is 2. The number of hydrogen-bond acceptors (Lipinski definition) is 5. The summed E-state index contributed by atoms with van der Waals surface area (Å²) in [5.41, 5.74) is 15.2. The molecule has 4 aromatic heterocycles. The number of aromatic nitrogens is 6. The minimum atomic E-state index is -1.28. The molecule has 2 amide bonds. The van der Waals surface area contributed by atoms with Crippen LogP contribution in [-0.2, 0) is 22.7 Å². The summed E-state index contributed by atoms with van der Waals surface area (Å²) >= 11 is 0. The fraction of sp³-hybridized carbons (Fsp3) is 0.172. The maximum Gasteiger partial charge on any atom is 0.248 e. The smallest absolute Gasteiger partial charge is 0.248 e. The largest absolute Gasteiger partial charge is 0.381 e. The van der Waals surface area contributed by atoms with Crippen molar-refractivity contribution in [1.82, 2.24) is 29.5 Å². The highest BCUT2D eigenvalue weighted by molar-refractivity contribution is 5.96. The second-order valence-corrected chi connectivity index (χ2v) is 9.91. The van der Waals surface area contributed by atoms with Crippen molar-refractivity contribution in [3.05, 3.63) is 85.2 Å². The van der Waals surface area contributed by atoms with Gasteiger partial charge in [-0.3, -0.25) is 19.0 Å². The van der Waals surface area contributed by atoms with Crippen molar-refractivity contribution in [3.63, 3.8) is 0 Å². The second-order valence-electron chi connectivity index (χ2n) is 9.91. The fourth-order valence-electron chi connectivity index (χ4n) is 4.52. The Balaban J connectivity index is 0.000000168. The van der Waals surface area contributed by atoms with Gasteiger partial charge in [-0.2, -0.15) is 10.2 Å². The molecule has 6 rings (SSSR count). The standard InChI is InChI=1S/C15H15FN4O.C14H13FN4O2/c1-9(15(17)21)7-20-8-10(5-19-20)13-6-18-14-4-11(16)2-3-12(13)14;15-9-1-2-10-11(5-17-12(10)3-9)8-4-18-19(6-8)7-13(20)14(16)21/h2-6,8-9,18H,7H2,1H3,(H2,17,21);1-6,13,17,20H,7H2,(H2,16,21). The number of aliphatic hydroxyl groups excluding tert-OH is 1. The molecule has 42 heavy (non-hydrogen) atoms. The summed E-state index contributed by atoms with van der Waals surface area (Å²) in [6.45, 7) is 2.19. The monoisotopic (exact) mass is 574 g/mol. The Morgan fingerprint density at radius 3 is 1.76 bits per heavy atom. The SMILES string of the molecule is CC(Cn1cc(-c2c[nH]c3cc(F)ccc23)cn1)C(N)=O.NC(=O)C(O)Cn1cc(-c2c[nH]c3cc(F)ccc23)cn1. The highest BCUT2D eigenvalue weighted by Crippen LogP contribution is 2.30. The van der Waals surface area contributed by atoms with Gasteiger partial charge in [0, 0.05) is 68.8 Å². The lowest BCUT2D eigenvalue weighted by atomic mass is 10.1. The average molecular weight is 575 g/mol. The minimum Gasteiger partial charge on any atom is -0.381 e. The molecule has 2 aromatic carbocycles. The molecule has 6 aromatic rings. The zero-order valence-corrected chi connectivity index (χ0v) is 22.5. The Hall–Kier alpha value is -5.30. The van der Waals surface area contributed by atoms with Crippen LogP contribution >= 0.6 is 0 Å². The zero-order chi connectivity index (χ0) is 30.0. The van der Waals surface area contributed by atoms with Gasteiger partial charge in [0.1, 0.15) is 11.6 Å². The summed E-state index contributed by atoms with van der Waals surface area (Å²) < 4.78 is 29.5. The van der Waals surface area contributed by atoms with Crippen molar-refractivity contribution >= 4 is 33.6 Å². The van der Waals surface area contributed by atoms with Crippen LogP contribution in [0.3, 0.4) is 0 Å². The van der Waals surface area contributed by atoms with E-state index in [1.807, 2.05) is 12.4 Å². The number of nitrogens with one attached hydrogen (secondary N) is 2. The third-order valence-electron chi connectivity index (χ3n) is 6.81. The van der Waals surface area contributed by atoms with Crippen LogP contribution in [-0.4, -0.2) is 52.6 Å². The Labute approximate surface area is 237 Å². The number of carbonyl (C=O) groups excluding carboxylic acids is 2. The van der Waals surface area contributed by atoms with Crippen molar-refractivity contribution < 1.29 is 23.5 Å². The van der Waals surface area contributed by atoms with Gasteiger partial charge in [0.25, 0.3) is 0 Å². The number of aromatic amines is 2. The molecule has 0 fully saturated rings. The van der Waals surface area contributed by atoms with Crippen LogP contribution in [0.15, 0.2) is 73.6 Å². The zero-order valence-electron chi connectivity index (χ0n) is 22.5. The number of hydrogen-bond donors (Lipinski definition) is 5. The Morgan fingerprint density at radius 2 is 1.31 bits per heavy atom. The molecular weight excluding hydrogens is 546 g/mol. The summed E-state index contributed by atoms with van der Waals surface area (Å²) in [6.07, 6.45) is 9.18. The van der Waals surface area contributed by atoms with Crippen molar-refractivity contribution in [2.75, 3.05) is 0 Å². The van der Waals surface area contributed by atoms with Crippen molar-refractivity contribution in [2.24, 2.45) is 17.4 Å². The number of nitrogens with two attached hydrogens (primary N) is 2. The minimum absolute atomic E-state index is 0.00762. The number of benzene rings is 2. The summed E-state index contributed by atoms with van der Waals surface area (Å²) in [4.78, 5) is 28.0. The third kappa shape index (κ3) is 6.05. The van der Waals surface area contributed by atoms with Gasteiger partial charge in [-0.15, -0.1) is 0 Å². The van der Waals surface area contributed by atoms with Crippen molar-refractivity contribution in [1.29, 1.82) is 0 Å². The lowest BCUT2D eigenvalue weighted by molar-refractivity contribution is -0.126. The molecule has 4 heterocycles. The van der Waals surface area contributed by atoms with Crippen LogP contribution in [0.1, 0.15) is 6.92 Å². The molecule has 0 spiro atoms. The Kier molecular flexibility index (Phi) is 7.84. The molecule has 0 aliphatic rings. The first kappa shape index (κ1) is 28.2. The van der Waals surface area contributed by atoms with Gasteiger partial charge < -0.3 is 26.5 Å². The van der Waals surface area contributed by atoms with E-state index in [1.54, 1.807) is 48.5 Å². The molecule has 216 valence electrons. The van der Waals surface area contributed by atoms with Gasteiger partial charge in [0.2, 0.25) is 11.8 Å². The van der Waals surface area contributed by atoms with E-state index in [1.165, 1.54) is 28.9 Å². The molecule has 0 saturated carbocycles. The van der Waals surface area contributed by atoms with E-state index < -0.39 is 12.0 Å². The summed E-state index contributed by atoms with van der Waals surface area (Å²) in [5.74, 6) is -2.02. The number of amides is 2. The van der Waals surface area contributed by atoms with E-state index in [4.69, 9.17) is 11.5 Å². The third-order valence-corrected chi connectivity index (χ3v) is 6.81. The Bertz CT molecular complexity index is 1750. The van der Waals surface area contributed by atoms with Crippen LogP contribution in [0, 0.1) is 17.6 Å². The normalized spacial score (nSPS) is 12.7. The van der Waals surface area contributed by atoms with Gasteiger partial charge >= 0.3 is 0 Å². The fourth-order valence-corrected chi connectivity index (χ4v) is 4.52. The number of fused-ring (bicyclic) bond motifs is 2. The van der Waals surface area contributed by atoms with Crippen LogP contribution in [0.2, 0.25) is 0 Å². The van der Waals surface area contributed by atoms with Crippen LogP contribution in [0.5, 0.6) is 0 Å². The van der Waals surface area contributed by atoms with E-state index in [0.29, 0.717) is 12.1 Å². The number of rotatable bonds is 8. The summed E-state index contributed by atoms with van der Waals surface area (Å²) in [7, 11) is 0. The van der Waals surface area contributed by atoms with Gasteiger partial charge in [-0.05, 0) is 36.4 Å². The van der Waals surface area contributed by atoms with Crippen molar-refractivity contribution in [3.8, 4) is 22.3 Å². The first-order chi connectivity index (χ1) is 20.1. The molecule has 13 heteroatoms. The van der Waals surface area contributed by atoms with Gasteiger partial charge in [0.15, 0.2) is 6.10 Å². The number of halogens is 2. The van der Waals surface area contributed by atoms with E-state index in [9.17, 15) is 23.5 Å². The molecule has 0 bridgehead atoms. The van der Waals surface area contributed by atoms with E-state index in [0.717, 1.165) is 38.5 Å². The topological polar surface area (TPSA) is 174 Å². The first-order valence-corrected chi connectivity index (χ1v) is 12.9. The lowest BCUT2D eigenvalue weighted by Crippen LogP contribution is -2.32. The highest BCUT2D eigenvalue weighted by atomic mass is 19.1. The number of aliphatic hydroxyl groups is 1. The predicted molar refractivity (Wildman–Crippen MR) is 153 cm³/mol. The van der Waals surface area contributed by atoms with Crippen LogP contribution in [0.4, 0.5) is 8.78 Å². The number of carbonyl (C=O) groups is 2. The summed E-state index contributed by atoms with van der Waals surface area (Å²) in [6, 6.07) is 9.12. The lowest BCUT2D eigenvalue weighted by Gasteiger charge is -2.06. The van der Waals surface area contributed by atoms with E-state index in [-0.39, 0.29) is 30.0 Å². The Morgan fingerprint density at radius 1 is 0.833 bits per heavy atom.